The summed E-state index contributed by atoms with van der Waals surface area (Å²) >= 11 is 0. The molecule has 0 bridgehead atoms. The van der Waals surface area contributed by atoms with Crippen LogP contribution in [0.2, 0.25) is 0 Å². The summed E-state index contributed by atoms with van der Waals surface area (Å²) in [6.07, 6.45) is 1.48. The van der Waals surface area contributed by atoms with E-state index < -0.39 is 4.92 Å². The van der Waals surface area contributed by atoms with E-state index in [-0.39, 0.29) is 34.0 Å². The number of nitro groups is 1. The second-order valence-corrected chi connectivity index (χ2v) is 2.76. The van der Waals surface area contributed by atoms with Crippen molar-refractivity contribution in [2.45, 2.75) is 0 Å². The van der Waals surface area contributed by atoms with Crippen LogP contribution in [-0.4, -0.2) is 15.0 Å². The van der Waals surface area contributed by atoms with Gasteiger partial charge in [0, 0.05) is 29.3 Å². The maximum Gasteiger partial charge on any atom is 0.279 e. The molecule has 0 saturated heterocycles. The predicted molar refractivity (Wildman–Crippen MR) is 50.1 cm³/mol. The number of pyridine rings is 1. The number of non-ortho nitro benzene ring substituents is 1. The predicted octanol–water partition coefficient (Wildman–Crippen LogP) is 1.85. The molecule has 77 valence electrons. The van der Waals surface area contributed by atoms with Crippen molar-refractivity contribution in [3.8, 4) is 5.75 Å². The summed E-state index contributed by atoms with van der Waals surface area (Å²) in [5.74, 6) is -0.0498. The van der Waals surface area contributed by atoms with Gasteiger partial charge in [0.25, 0.3) is 5.69 Å². The van der Waals surface area contributed by atoms with E-state index in [1.54, 1.807) is 12.1 Å². The van der Waals surface area contributed by atoms with E-state index in [0.29, 0.717) is 5.39 Å². The number of hydrogen-bond acceptors (Lipinski definition) is 4. The van der Waals surface area contributed by atoms with Gasteiger partial charge in [-0.3, -0.25) is 15.1 Å². The van der Waals surface area contributed by atoms with Crippen molar-refractivity contribution in [1.82, 2.24) is 4.98 Å². The summed E-state index contributed by atoms with van der Waals surface area (Å²) < 4.78 is 0. The number of hydrogen-bond donors (Lipinski definition) is 1. The maximum atomic E-state index is 10.6. The van der Waals surface area contributed by atoms with Crippen LogP contribution in [0.15, 0.2) is 30.5 Å². The third-order valence-electron chi connectivity index (χ3n) is 1.92. The van der Waals surface area contributed by atoms with Crippen molar-refractivity contribution >= 4 is 16.6 Å². The van der Waals surface area contributed by atoms with Crippen LogP contribution in [0.3, 0.4) is 0 Å². The second kappa shape index (κ2) is 4.25. The molecule has 0 aliphatic carbocycles. The number of phenols is 1. The average molecular weight is 245 g/mol. The molecule has 1 heterocycles. The molecule has 0 aliphatic rings. The molecule has 1 radical (unpaired) electrons. The number of nitrogens with zero attached hydrogens (tertiary/aromatic N) is 2. The van der Waals surface area contributed by atoms with Crippen LogP contribution in [0, 0.1) is 10.1 Å². The first-order valence-corrected chi connectivity index (χ1v) is 3.91. The van der Waals surface area contributed by atoms with Crippen molar-refractivity contribution in [2.75, 3.05) is 0 Å². The van der Waals surface area contributed by atoms with E-state index in [1.807, 2.05) is 0 Å². The number of nitro benzene ring substituents is 1. The van der Waals surface area contributed by atoms with Crippen LogP contribution in [-0.2, 0) is 17.1 Å². The molecule has 5 nitrogen and oxygen atoms in total. The van der Waals surface area contributed by atoms with Gasteiger partial charge < -0.3 is 5.11 Å². The fourth-order valence-corrected chi connectivity index (χ4v) is 1.30. The average Bonchev–Trinajstić information content (AvgIpc) is 2.18. The molecule has 1 aromatic heterocycles. The monoisotopic (exact) mass is 245 g/mol. The number of benzene rings is 1. The van der Waals surface area contributed by atoms with Gasteiger partial charge in [0.2, 0.25) is 0 Å². The summed E-state index contributed by atoms with van der Waals surface area (Å²) in [5.41, 5.74) is 0.201. The van der Waals surface area contributed by atoms with Crippen molar-refractivity contribution < 1.29 is 27.1 Å². The minimum absolute atomic E-state index is 0. The summed E-state index contributed by atoms with van der Waals surface area (Å²) in [6.45, 7) is 0. The number of aromatic hydroxyl groups is 1. The van der Waals surface area contributed by atoms with Gasteiger partial charge in [0.05, 0.1) is 10.3 Å². The number of rotatable bonds is 1. The van der Waals surface area contributed by atoms with Crippen LogP contribution in [0.25, 0.3) is 10.9 Å². The Morgan fingerprint density at radius 1 is 1.33 bits per heavy atom. The Morgan fingerprint density at radius 2 is 2.07 bits per heavy atom. The van der Waals surface area contributed by atoms with Gasteiger partial charge in [-0.15, -0.1) is 0 Å². The Labute approximate surface area is 95.4 Å². The Bertz CT molecular complexity index is 516. The minimum Gasteiger partial charge on any atom is -0.506 e. The van der Waals surface area contributed by atoms with E-state index in [4.69, 9.17) is 0 Å². The molecule has 0 saturated carbocycles. The Kier molecular flexibility index (Phi) is 3.24. The molecule has 1 N–H and O–H groups in total. The zero-order valence-corrected chi connectivity index (χ0v) is 8.60. The summed E-state index contributed by atoms with van der Waals surface area (Å²) in [6, 6.07) is 5.68. The van der Waals surface area contributed by atoms with E-state index in [1.165, 1.54) is 18.3 Å². The van der Waals surface area contributed by atoms with Gasteiger partial charge in [0.1, 0.15) is 11.3 Å². The van der Waals surface area contributed by atoms with E-state index in [9.17, 15) is 15.2 Å². The first-order valence-electron chi connectivity index (χ1n) is 3.91. The van der Waals surface area contributed by atoms with Crippen molar-refractivity contribution in [3.05, 3.63) is 40.6 Å². The fraction of sp³-hybridized carbons (Fsp3) is 0. The van der Waals surface area contributed by atoms with E-state index in [2.05, 4.69) is 4.98 Å². The van der Waals surface area contributed by atoms with E-state index in [0.717, 1.165) is 0 Å². The molecule has 0 unspecified atom stereocenters. The molecular formula is C9H6MnN2O3. The zero-order valence-electron chi connectivity index (χ0n) is 7.42. The smallest absolute Gasteiger partial charge is 0.279 e. The summed E-state index contributed by atoms with van der Waals surface area (Å²) in [5, 5.41) is 20.4. The quantitative estimate of drug-likeness (QED) is 0.472. The molecule has 6 heteroatoms. The largest absolute Gasteiger partial charge is 0.506 e. The first kappa shape index (κ1) is 11.4. The van der Waals surface area contributed by atoms with Crippen LogP contribution >= 0.6 is 0 Å². The number of aromatic nitrogens is 1. The van der Waals surface area contributed by atoms with Gasteiger partial charge in [0.15, 0.2) is 0 Å². The first-order chi connectivity index (χ1) is 6.70. The van der Waals surface area contributed by atoms with Crippen LogP contribution in [0.5, 0.6) is 5.75 Å². The van der Waals surface area contributed by atoms with Gasteiger partial charge in [-0.2, -0.15) is 0 Å². The fourth-order valence-electron chi connectivity index (χ4n) is 1.30. The number of phenolic OH excluding ortho intramolecular Hbond substituents is 1. The molecule has 0 amide bonds. The van der Waals surface area contributed by atoms with Crippen LogP contribution < -0.4 is 0 Å². The molecule has 15 heavy (non-hydrogen) atoms. The molecule has 2 rings (SSSR count). The Morgan fingerprint density at radius 3 is 2.73 bits per heavy atom. The molecule has 0 spiro atoms. The van der Waals surface area contributed by atoms with Gasteiger partial charge in [-0.1, -0.05) is 0 Å². The third kappa shape index (κ3) is 1.91. The molecule has 0 atom stereocenters. The normalized spacial score (nSPS) is 9.60. The maximum absolute atomic E-state index is 10.6. The molecule has 1 aromatic carbocycles. The third-order valence-corrected chi connectivity index (χ3v) is 1.92. The van der Waals surface area contributed by atoms with Gasteiger partial charge >= 0.3 is 0 Å². The topological polar surface area (TPSA) is 76.3 Å². The standard InChI is InChI=1S/C9H6N2O3.Mn/c12-8-4-3-7(11(13)14)6-2-1-5-10-9(6)8;/h1-5,12H;. The van der Waals surface area contributed by atoms with Gasteiger partial charge in [-0.25, -0.2) is 0 Å². The zero-order chi connectivity index (χ0) is 10.1. The van der Waals surface area contributed by atoms with E-state index >= 15 is 0 Å². The second-order valence-electron chi connectivity index (χ2n) is 2.76. The van der Waals surface area contributed by atoms with Crippen molar-refractivity contribution in [2.24, 2.45) is 0 Å². The molecular weight excluding hydrogens is 239 g/mol. The van der Waals surface area contributed by atoms with Crippen molar-refractivity contribution in [3.63, 3.8) is 0 Å². The van der Waals surface area contributed by atoms with Crippen molar-refractivity contribution in [1.29, 1.82) is 0 Å². The summed E-state index contributed by atoms with van der Waals surface area (Å²) in [4.78, 5) is 14.0. The van der Waals surface area contributed by atoms with Crippen LogP contribution in [0.4, 0.5) is 5.69 Å². The minimum atomic E-state index is -0.497. The number of fused-ring (bicyclic) bond motifs is 1. The SMILES string of the molecule is O=[N+]([O-])c1ccc(O)c2ncccc12.[Mn]. The Hall–Kier alpha value is -1.65. The van der Waals surface area contributed by atoms with Gasteiger partial charge in [-0.05, 0) is 18.2 Å². The molecule has 2 aromatic rings. The molecule has 0 aliphatic heterocycles. The van der Waals surface area contributed by atoms with Crippen LogP contribution in [0.1, 0.15) is 0 Å². The summed E-state index contributed by atoms with van der Waals surface area (Å²) in [7, 11) is 0. The molecule has 0 fully saturated rings. The Balaban J connectivity index is 0.00000112.